The summed E-state index contributed by atoms with van der Waals surface area (Å²) < 4.78 is 0. The van der Waals surface area contributed by atoms with Crippen molar-refractivity contribution in [1.82, 2.24) is 5.01 Å². The van der Waals surface area contributed by atoms with Gasteiger partial charge in [-0.15, -0.1) is 0 Å². The third kappa shape index (κ3) is 2.23. The van der Waals surface area contributed by atoms with E-state index >= 15 is 0 Å². The van der Waals surface area contributed by atoms with Crippen LogP contribution >= 0.6 is 0 Å². The third-order valence-corrected chi connectivity index (χ3v) is 2.71. The zero-order chi connectivity index (χ0) is 8.97. The van der Waals surface area contributed by atoms with E-state index in [4.69, 9.17) is 0 Å². The van der Waals surface area contributed by atoms with Crippen LogP contribution in [0.1, 0.15) is 39.5 Å². The molecule has 1 unspecified atom stereocenters. The summed E-state index contributed by atoms with van der Waals surface area (Å²) in [6, 6.07) is 0. The molecular weight excluding hydrogens is 148 g/mol. The first-order valence-electron chi connectivity index (χ1n) is 5.06. The standard InChI is InChI=1S/C10H20N2/c1-4-9-7-6-8-10(9)11-12(3)5-2/h9H,4-8H2,1-3H3/b11-10-. The van der Waals surface area contributed by atoms with Crippen molar-refractivity contribution in [1.29, 1.82) is 0 Å². The van der Waals surface area contributed by atoms with Gasteiger partial charge >= 0.3 is 0 Å². The molecule has 0 saturated heterocycles. The van der Waals surface area contributed by atoms with Gasteiger partial charge in [-0.05, 0) is 38.5 Å². The lowest BCUT2D eigenvalue weighted by atomic mass is 10.0. The van der Waals surface area contributed by atoms with Crippen LogP contribution in [0, 0.1) is 5.92 Å². The fourth-order valence-electron chi connectivity index (χ4n) is 1.76. The van der Waals surface area contributed by atoms with E-state index in [1.807, 2.05) is 5.01 Å². The van der Waals surface area contributed by atoms with Crippen LogP contribution in [-0.4, -0.2) is 24.3 Å². The Kier molecular flexibility index (Phi) is 3.57. The van der Waals surface area contributed by atoms with Crippen molar-refractivity contribution in [3.8, 4) is 0 Å². The van der Waals surface area contributed by atoms with Gasteiger partial charge in [0, 0.05) is 19.3 Å². The van der Waals surface area contributed by atoms with E-state index in [1.54, 1.807) is 0 Å². The van der Waals surface area contributed by atoms with Crippen molar-refractivity contribution in [2.45, 2.75) is 39.5 Å². The van der Waals surface area contributed by atoms with Crippen LogP contribution in [0.4, 0.5) is 0 Å². The summed E-state index contributed by atoms with van der Waals surface area (Å²) in [4.78, 5) is 0. The Morgan fingerprint density at radius 2 is 2.25 bits per heavy atom. The molecule has 0 aliphatic heterocycles. The molecule has 0 aromatic rings. The molecule has 1 atom stereocenters. The first-order chi connectivity index (χ1) is 5.77. The van der Waals surface area contributed by atoms with Gasteiger partial charge in [0.1, 0.15) is 0 Å². The molecule has 70 valence electrons. The summed E-state index contributed by atoms with van der Waals surface area (Å²) in [5, 5.41) is 6.64. The average molecular weight is 168 g/mol. The van der Waals surface area contributed by atoms with Gasteiger partial charge in [-0.1, -0.05) is 6.92 Å². The fourth-order valence-corrected chi connectivity index (χ4v) is 1.76. The Hall–Kier alpha value is -0.530. The summed E-state index contributed by atoms with van der Waals surface area (Å²) >= 11 is 0. The molecular formula is C10H20N2. The highest BCUT2D eigenvalue weighted by atomic mass is 15.4. The maximum Gasteiger partial charge on any atom is 0.0411 e. The fraction of sp³-hybridized carbons (Fsp3) is 0.900. The van der Waals surface area contributed by atoms with Gasteiger partial charge in [-0.25, -0.2) is 0 Å². The predicted molar refractivity (Wildman–Crippen MR) is 53.4 cm³/mol. The molecule has 0 radical (unpaired) electrons. The van der Waals surface area contributed by atoms with Crippen LogP contribution in [0.2, 0.25) is 0 Å². The highest BCUT2D eigenvalue weighted by Gasteiger charge is 2.20. The molecule has 0 spiro atoms. The Balaban J connectivity index is 2.54. The van der Waals surface area contributed by atoms with Gasteiger partial charge in [-0.3, -0.25) is 0 Å². The number of rotatable bonds is 3. The summed E-state index contributed by atoms with van der Waals surface area (Å²) in [5.41, 5.74) is 1.43. The van der Waals surface area contributed by atoms with E-state index in [9.17, 15) is 0 Å². The maximum absolute atomic E-state index is 4.60. The van der Waals surface area contributed by atoms with E-state index in [-0.39, 0.29) is 0 Å². The average Bonchev–Trinajstić information content (AvgIpc) is 2.51. The van der Waals surface area contributed by atoms with E-state index < -0.39 is 0 Å². The summed E-state index contributed by atoms with van der Waals surface area (Å²) in [6.45, 7) is 5.41. The maximum atomic E-state index is 4.60. The molecule has 1 aliphatic rings. The highest BCUT2D eigenvalue weighted by Crippen LogP contribution is 2.25. The van der Waals surface area contributed by atoms with Crippen molar-refractivity contribution in [2.75, 3.05) is 13.6 Å². The van der Waals surface area contributed by atoms with Crippen LogP contribution in [0.3, 0.4) is 0 Å². The van der Waals surface area contributed by atoms with E-state index in [2.05, 4.69) is 26.0 Å². The number of nitrogens with zero attached hydrogens (tertiary/aromatic N) is 2. The van der Waals surface area contributed by atoms with Crippen LogP contribution in [0.15, 0.2) is 5.10 Å². The minimum Gasteiger partial charge on any atom is -0.300 e. The molecule has 1 rings (SSSR count). The lowest BCUT2D eigenvalue weighted by Crippen LogP contribution is -2.15. The summed E-state index contributed by atoms with van der Waals surface area (Å²) in [5.74, 6) is 0.777. The largest absolute Gasteiger partial charge is 0.300 e. The summed E-state index contributed by atoms with van der Waals surface area (Å²) in [6.07, 6.45) is 5.18. The van der Waals surface area contributed by atoms with Gasteiger partial charge in [0.2, 0.25) is 0 Å². The number of hydrogen-bond donors (Lipinski definition) is 0. The number of hydrogen-bond acceptors (Lipinski definition) is 2. The van der Waals surface area contributed by atoms with Crippen molar-refractivity contribution in [3.05, 3.63) is 0 Å². The van der Waals surface area contributed by atoms with Crippen LogP contribution in [0.5, 0.6) is 0 Å². The monoisotopic (exact) mass is 168 g/mol. The lowest BCUT2D eigenvalue weighted by molar-refractivity contribution is 0.371. The Morgan fingerprint density at radius 3 is 2.83 bits per heavy atom. The van der Waals surface area contributed by atoms with Crippen molar-refractivity contribution < 1.29 is 0 Å². The lowest BCUT2D eigenvalue weighted by Gasteiger charge is -2.14. The zero-order valence-corrected chi connectivity index (χ0v) is 8.51. The second kappa shape index (κ2) is 4.48. The minimum absolute atomic E-state index is 0.777. The van der Waals surface area contributed by atoms with Gasteiger partial charge < -0.3 is 5.01 Å². The molecule has 0 amide bonds. The first kappa shape index (κ1) is 9.56. The molecule has 0 aromatic carbocycles. The van der Waals surface area contributed by atoms with Crippen LogP contribution in [-0.2, 0) is 0 Å². The Labute approximate surface area is 75.6 Å². The molecule has 2 heteroatoms. The summed E-state index contributed by atoms with van der Waals surface area (Å²) in [7, 11) is 2.05. The number of hydrazone groups is 1. The zero-order valence-electron chi connectivity index (χ0n) is 8.51. The van der Waals surface area contributed by atoms with Gasteiger partial charge in [0.25, 0.3) is 0 Å². The van der Waals surface area contributed by atoms with Gasteiger partial charge in [0.05, 0.1) is 0 Å². The minimum atomic E-state index is 0.777. The molecule has 1 aliphatic carbocycles. The normalized spacial score (nSPS) is 26.6. The van der Waals surface area contributed by atoms with Crippen molar-refractivity contribution >= 4 is 5.71 Å². The molecule has 0 N–H and O–H groups in total. The quantitative estimate of drug-likeness (QED) is 0.591. The second-order valence-corrected chi connectivity index (χ2v) is 3.56. The molecule has 2 nitrogen and oxygen atoms in total. The Morgan fingerprint density at radius 1 is 1.50 bits per heavy atom. The van der Waals surface area contributed by atoms with E-state index in [0.29, 0.717) is 0 Å². The van der Waals surface area contributed by atoms with Gasteiger partial charge in [-0.2, -0.15) is 5.10 Å². The highest BCUT2D eigenvalue weighted by molar-refractivity contribution is 5.88. The third-order valence-electron chi connectivity index (χ3n) is 2.71. The Bertz CT molecular complexity index is 163. The molecule has 0 aromatic heterocycles. The molecule has 0 bridgehead atoms. The van der Waals surface area contributed by atoms with E-state index in [0.717, 1.165) is 12.5 Å². The van der Waals surface area contributed by atoms with Crippen LogP contribution in [0.25, 0.3) is 0 Å². The SMILES string of the molecule is CCC1CCC/C1=N/N(C)CC. The molecule has 1 saturated carbocycles. The van der Waals surface area contributed by atoms with E-state index in [1.165, 1.54) is 31.4 Å². The smallest absolute Gasteiger partial charge is 0.0411 e. The molecule has 0 heterocycles. The molecule has 1 fully saturated rings. The van der Waals surface area contributed by atoms with Crippen molar-refractivity contribution in [2.24, 2.45) is 11.0 Å². The molecule has 12 heavy (non-hydrogen) atoms. The van der Waals surface area contributed by atoms with Gasteiger partial charge in [0.15, 0.2) is 0 Å². The first-order valence-corrected chi connectivity index (χ1v) is 5.06. The topological polar surface area (TPSA) is 15.6 Å². The second-order valence-electron chi connectivity index (χ2n) is 3.56. The van der Waals surface area contributed by atoms with Crippen LogP contribution < -0.4 is 0 Å². The predicted octanol–water partition coefficient (Wildman–Crippen LogP) is 2.50. The van der Waals surface area contributed by atoms with Crippen molar-refractivity contribution in [3.63, 3.8) is 0 Å².